The zero-order valence-electron chi connectivity index (χ0n) is 12.4. The quantitative estimate of drug-likeness (QED) is 0.629. The fourth-order valence-electron chi connectivity index (χ4n) is 3.36. The first-order valence-corrected chi connectivity index (χ1v) is 9.08. The van der Waals surface area contributed by atoms with Gasteiger partial charge in [0.15, 0.2) is 0 Å². The Hall–Kier alpha value is -0.720. The van der Waals surface area contributed by atoms with Crippen LogP contribution >= 0.6 is 27.3 Å². The van der Waals surface area contributed by atoms with Crippen LogP contribution in [0.5, 0.6) is 0 Å². The maximum Gasteiger partial charge on any atom is 0.0759 e. The molecule has 3 rings (SSSR count). The molecule has 0 aromatic carbocycles. The van der Waals surface area contributed by atoms with Crippen molar-refractivity contribution < 1.29 is 0 Å². The normalized spacial score (nSPS) is 30.2. The first-order chi connectivity index (χ1) is 10.2. The molecule has 1 aromatic heterocycles. The molecule has 2 saturated heterocycles. The molecular weight excluding hydrogens is 348 g/mol. The Balaban J connectivity index is 1.57. The van der Waals surface area contributed by atoms with Gasteiger partial charge in [0.2, 0.25) is 0 Å². The van der Waals surface area contributed by atoms with E-state index in [4.69, 9.17) is 0 Å². The number of nitrogens with one attached hydrogen (secondary N) is 1. The summed E-state index contributed by atoms with van der Waals surface area (Å²) in [5.41, 5.74) is 4.12. The molecule has 1 N–H and O–H groups in total. The van der Waals surface area contributed by atoms with Crippen LogP contribution in [0.25, 0.3) is 5.70 Å². The van der Waals surface area contributed by atoms with Gasteiger partial charge in [-0.1, -0.05) is 11.3 Å². The van der Waals surface area contributed by atoms with Crippen LogP contribution in [-0.4, -0.2) is 30.1 Å². The second-order valence-corrected chi connectivity index (χ2v) is 8.27. The minimum atomic E-state index is 0.374. The van der Waals surface area contributed by atoms with Gasteiger partial charge in [-0.3, -0.25) is 5.43 Å². The Kier molecular flexibility index (Phi) is 4.76. The molecule has 2 aliphatic heterocycles. The zero-order chi connectivity index (χ0) is 14.8. The maximum absolute atomic E-state index is 4.52. The van der Waals surface area contributed by atoms with E-state index < -0.39 is 0 Å². The molecule has 3 atom stereocenters. The average Bonchev–Trinajstić information content (AvgIpc) is 2.96. The third-order valence-corrected chi connectivity index (χ3v) is 6.25. The van der Waals surface area contributed by atoms with Crippen molar-refractivity contribution in [3.05, 3.63) is 26.9 Å². The van der Waals surface area contributed by atoms with Crippen LogP contribution in [0.15, 0.2) is 32.3 Å². The SMILES string of the molecule is C/C=C(\NN=NC1CC2CC[C@@H](C1)N2C)c1ccc(Br)s1. The first-order valence-electron chi connectivity index (χ1n) is 7.47. The fraction of sp³-hybridized carbons (Fsp3) is 0.600. The van der Waals surface area contributed by atoms with E-state index in [1.54, 1.807) is 11.3 Å². The number of allylic oxidation sites excluding steroid dienone is 1. The summed E-state index contributed by atoms with van der Waals surface area (Å²) in [5.74, 6) is 0. The molecule has 114 valence electrons. The van der Waals surface area contributed by atoms with Crippen molar-refractivity contribution in [2.45, 2.75) is 50.7 Å². The summed E-state index contributed by atoms with van der Waals surface area (Å²) < 4.78 is 1.13. The molecule has 0 amide bonds. The van der Waals surface area contributed by atoms with Crippen LogP contribution in [-0.2, 0) is 0 Å². The molecule has 0 aliphatic carbocycles. The minimum absolute atomic E-state index is 0.374. The summed E-state index contributed by atoms with van der Waals surface area (Å²) >= 11 is 5.19. The van der Waals surface area contributed by atoms with E-state index in [-0.39, 0.29) is 0 Å². The Morgan fingerprint density at radius 1 is 1.38 bits per heavy atom. The summed E-state index contributed by atoms with van der Waals surface area (Å²) in [6, 6.07) is 5.93. The third-order valence-electron chi connectivity index (χ3n) is 4.59. The van der Waals surface area contributed by atoms with Crippen LogP contribution in [0.3, 0.4) is 0 Å². The maximum atomic E-state index is 4.52. The number of thiophene rings is 1. The lowest BCUT2D eigenvalue weighted by molar-refractivity contribution is 0.161. The standard InChI is InChI=1S/C15H21BrN4S/c1-3-13(14-6-7-15(16)21-14)18-19-17-10-8-11-4-5-12(9-10)20(11)2/h3,6-7,10-12H,4-5,8-9H2,1-2H3,(H,17,18)/b13-3-/t10?,11-,12?/m0/s1. The number of nitrogens with zero attached hydrogens (tertiary/aromatic N) is 3. The third kappa shape index (κ3) is 3.38. The van der Waals surface area contributed by atoms with E-state index in [2.05, 4.69) is 55.8 Å². The van der Waals surface area contributed by atoms with E-state index in [1.807, 2.05) is 13.0 Å². The molecule has 4 nitrogen and oxygen atoms in total. The second-order valence-electron chi connectivity index (χ2n) is 5.81. The number of hydrogen-bond acceptors (Lipinski definition) is 4. The van der Waals surface area contributed by atoms with Crippen LogP contribution in [0.1, 0.15) is 37.5 Å². The molecule has 3 heterocycles. The molecule has 2 bridgehead atoms. The Morgan fingerprint density at radius 2 is 2.10 bits per heavy atom. The van der Waals surface area contributed by atoms with Gasteiger partial charge >= 0.3 is 0 Å². The lowest BCUT2D eigenvalue weighted by Crippen LogP contribution is -2.41. The van der Waals surface area contributed by atoms with Crippen molar-refractivity contribution >= 4 is 33.0 Å². The van der Waals surface area contributed by atoms with Gasteiger partial charge in [0.1, 0.15) is 0 Å². The predicted octanol–water partition coefficient (Wildman–Crippen LogP) is 4.45. The van der Waals surface area contributed by atoms with Gasteiger partial charge in [-0.05, 0) is 67.7 Å². The van der Waals surface area contributed by atoms with Crippen molar-refractivity contribution in [3.63, 3.8) is 0 Å². The highest BCUT2D eigenvalue weighted by atomic mass is 79.9. The zero-order valence-corrected chi connectivity index (χ0v) is 14.8. The number of rotatable bonds is 4. The van der Waals surface area contributed by atoms with Crippen molar-refractivity contribution in [2.75, 3.05) is 7.05 Å². The molecule has 2 fully saturated rings. The van der Waals surface area contributed by atoms with Gasteiger partial charge < -0.3 is 4.90 Å². The summed E-state index contributed by atoms with van der Waals surface area (Å²) in [4.78, 5) is 3.70. The van der Waals surface area contributed by atoms with Crippen molar-refractivity contribution in [1.29, 1.82) is 0 Å². The Morgan fingerprint density at radius 3 is 2.67 bits per heavy atom. The monoisotopic (exact) mass is 368 g/mol. The number of fused-ring (bicyclic) bond motifs is 2. The number of halogens is 1. The highest BCUT2D eigenvalue weighted by Gasteiger charge is 2.38. The van der Waals surface area contributed by atoms with E-state index >= 15 is 0 Å². The van der Waals surface area contributed by atoms with Crippen LogP contribution in [0.2, 0.25) is 0 Å². The van der Waals surface area contributed by atoms with Gasteiger partial charge in [0, 0.05) is 12.1 Å². The summed E-state index contributed by atoms with van der Waals surface area (Å²) in [7, 11) is 2.25. The van der Waals surface area contributed by atoms with E-state index in [1.165, 1.54) is 17.7 Å². The number of piperidine rings is 1. The minimum Gasteiger partial charge on any atom is -0.300 e. The van der Waals surface area contributed by atoms with Crippen molar-refractivity contribution in [3.8, 4) is 0 Å². The van der Waals surface area contributed by atoms with Crippen molar-refractivity contribution in [1.82, 2.24) is 10.3 Å². The van der Waals surface area contributed by atoms with E-state index in [9.17, 15) is 0 Å². The van der Waals surface area contributed by atoms with Crippen LogP contribution in [0, 0.1) is 0 Å². The van der Waals surface area contributed by atoms with Gasteiger partial charge in [-0.15, -0.1) is 11.3 Å². The van der Waals surface area contributed by atoms with Gasteiger partial charge in [0.25, 0.3) is 0 Å². The molecular formula is C15H21BrN4S. The summed E-state index contributed by atoms with van der Waals surface area (Å²) in [6.07, 6.45) is 6.98. The topological polar surface area (TPSA) is 40.0 Å². The Bertz CT molecular complexity index is 540. The first kappa shape index (κ1) is 15.2. The van der Waals surface area contributed by atoms with Gasteiger partial charge in [-0.25, -0.2) is 0 Å². The van der Waals surface area contributed by atoms with Gasteiger partial charge in [0.05, 0.1) is 20.4 Å². The highest BCUT2D eigenvalue weighted by Crippen LogP contribution is 2.35. The molecule has 2 aliphatic rings. The lowest BCUT2D eigenvalue weighted by Gasteiger charge is -2.33. The van der Waals surface area contributed by atoms with Crippen LogP contribution in [0.4, 0.5) is 0 Å². The van der Waals surface area contributed by atoms with Crippen LogP contribution < -0.4 is 5.43 Å². The van der Waals surface area contributed by atoms with Gasteiger partial charge in [-0.2, -0.15) is 5.11 Å². The predicted molar refractivity (Wildman–Crippen MR) is 91.3 cm³/mol. The Labute approximate surface area is 138 Å². The average molecular weight is 369 g/mol. The molecule has 0 saturated carbocycles. The second kappa shape index (κ2) is 6.58. The summed E-state index contributed by atoms with van der Waals surface area (Å²) in [5, 5.41) is 8.77. The summed E-state index contributed by atoms with van der Waals surface area (Å²) in [6.45, 7) is 2.02. The van der Waals surface area contributed by atoms with Crippen molar-refractivity contribution in [2.24, 2.45) is 10.3 Å². The number of hydrogen-bond donors (Lipinski definition) is 1. The lowest BCUT2D eigenvalue weighted by atomic mass is 9.99. The molecule has 2 unspecified atom stereocenters. The molecule has 21 heavy (non-hydrogen) atoms. The molecule has 6 heteroatoms. The van der Waals surface area contributed by atoms with E-state index in [0.717, 1.165) is 22.3 Å². The van der Waals surface area contributed by atoms with E-state index in [0.29, 0.717) is 18.1 Å². The molecule has 0 radical (unpaired) electrons. The highest BCUT2D eigenvalue weighted by molar-refractivity contribution is 9.11. The largest absolute Gasteiger partial charge is 0.300 e. The molecule has 0 spiro atoms. The smallest absolute Gasteiger partial charge is 0.0759 e. The molecule has 1 aromatic rings. The fourth-order valence-corrected chi connectivity index (χ4v) is 4.77.